The lowest BCUT2D eigenvalue weighted by molar-refractivity contribution is -0.161. The third-order valence-electron chi connectivity index (χ3n) is 13.3. The fourth-order valence-electron chi connectivity index (χ4n) is 8.49. The first kappa shape index (κ1) is 74.7. The van der Waals surface area contributed by atoms with E-state index in [1.54, 1.807) is 0 Å². The van der Waals surface area contributed by atoms with Gasteiger partial charge in [0.05, 0.1) is 19.8 Å². The van der Waals surface area contributed by atoms with Crippen molar-refractivity contribution in [1.29, 1.82) is 0 Å². The molecular formula is C66H115O11P. The predicted octanol–water partition coefficient (Wildman–Crippen LogP) is 19.0. The first-order chi connectivity index (χ1) is 38.2. The lowest BCUT2D eigenvalue weighted by atomic mass is 10.1. The molecule has 2 N–H and O–H groups in total. The number of hydrogen-bond acceptors (Lipinski definition) is 10. The van der Waals surface area contributed by atoms with Gasteiger partial charge in [-0.15, -0.1) is 0 Å². The Hall–Kier alpha value is -3.34. The molecular weight excluding hydrogens is 1000 g/mol. The molecule has 0 rings (SSSR count). The number of carbonyl (C=O) groups excluding carboxylic acids is 3. The molecule has 3 unspecified atom stereocenters. The number of rotatable bonds is 58. The third-order valence-corrected chi connectivity index (χ3v) is 14.2. The summed E-state index contributed by atoms with van der Waals surface area (Å²) in [6.45, 7) is 4.48. The van der Waals surface area contributed by atoms with Crippen molar-refractivity contribution in [3.63, 3.8) is 0 Å². The Morgan fingerprint density at radius 3 is 1.03 bits per heavy atom. The Kier molecular flexibility index (Phi) is 57.2. The SMILES string of the molecule is CC/C=C\C/C=C\C/C=C\CCCCCCCCCC(=O)OCC(COP(=O)(O)OCC(CO)OC(=O)CCCCCCC/C=C\C/C=C\CCCCC)OC(=O)CCCCCCCCCCC/C=C\C/C=C\CCCCC. The standard InChI is InChI=1S/C66H115O11P/c1-4-7-10-13-16-19-22-25-28-30-31-33-36-39-42-45-48-51-54-57-66(70)77-63(59-73-64(68)55-52-49-46-43-40-37-35-32-29-26-23-20-17-14-11-8-5-2)61-75-78(71,72)74-60-62(58-67)76-65(69)56-53-50-47-44-41-38-34-27-24-21-18-15-12-9-6-3/h8,11,16-21,25-29,34,62-63,67H,4-7,9-10,12-15,22-24,30-33,35-61H2,1-3H3,(H,71,72)/b11-8-,19-16-,20-17-,21-18-,28-25-,29-26-,34-27-. The highest BCUT2D eigenvalue weighted by Gasteiger charge is 2.28. The van der Waals surface area contributed by atoms with Gasteiger partial charge in [-0.05, 0) is 116 Å². The van der Waals surface area contributed by atoms with E-state index in [9.17, 15) is 28.9 Å². The van der Waals surface area contributed by atoms with Crippen molar-refractivity contribution in [2.24, 2.45) is 0 Å². The fourth-order valence-corrected chi connectivity index (χ4v) is 9.27. The van der Waals surface area contributed by atoms with Gasteiger partial charge in [0.25, 0.3) is 0 Å². The molecule has 0 saturated carbocycles. The zero-order chi connectivity index (χ0) is 56.9. The lowest BCUT2D eigenvalue weighted by Crippen LogP contribution is -2.30. The molecule has 450 valence electrons. The minimum atomic E-state index is -4.76. The number of aliphatic hydroxyl groups is 1. The zero-order valence-electron chi connectivity index (χ0n) is 49.9. The molecule has 0 aliphatic heterocycles. The molecule has 0 aromatic carbocycles. The van der Waals surface area contributed by atoms with Gasteiger partial charge in [0.2, 0.25) is 0 Å². The maximum Gasteiger partial charge on any atom is 0.472 e. The Morgan fingerprint density at radius 2 is 0.667 bits per heavy atom. The van der Waals surface area contributed by atoms with Crippen LogP contribution >= 0.6 is 7.82 Å². The maximum atomic E-state index is 13.0. The summed E-state index contributed by atoms with van der Waals surface area (Å²) in [5.41, 5.74) is 0. The Morgan fingerprint density at radius 1 is 0.372 bits per heavy atom. The molecule has 12 heteroatoms. The maximum absolute atomic E-state index is 13.0. The summed E-state index contributed by atoms with van der Waals surface area (Å²) in [5, 5.41) is 9.84. The Labute approximate surface area is 477 Å². The fraction of sp³-hybridized carbons (Fsp3) is 0.742. The first-order valence-electron chi connectivity index (χ1n) is 31.5. The normalized spacial score (nSPS) is 13.9. The van der Waals surface area contributed by atoms with Crippen LogP contribution in [0.3, 0.4) is 0 Å². The first-order valence-corrected chi connectivity index (χ1v) is 33.0. The predicted molar refractivity (Wildman–Crippen MR) is 325 cm³/mol. The topological polar surface area (TPSA) is 155 Å². The van der Waals surface area contributed by atoms with E-state index >= 15 is 0 Å². The number of esters is 3. The number of hydrogen-bond donors (Lipinski definition) is 2. The highest BCUT2D eigenvalue weighted by Crippen LogP contribution is 2.43. The summed E-state index contributed by atoms with van der Waals surface area (Å²) in [4.78, 5) is 48.7. The molecule has 0 saturated heterocycles. The van der Waals surface area contributed by atoms with Gasteiger partial charge in [0, 0.05) is 19.3 Å². The average Bonchev–Trinajstić information content (AvgIpc) is 3.43. The lowest BCUT2D eigenvalue weighted by Gasteiger charge is -2.21. The van der Waals surface area contributed by atoms with Crippen LogP contribution in [0.15, 0.2) is 85.1 Å². The van der Waals surface area contributed by atoms with Crippen LogP contribution in [0.2, 0.25) is 0 Å². The molecule has 0 spiro atoms. The Bertz CT molecular complexity index is 1630. The zero-order valence-corrected chi connectivity index (χ0v) is 50.8. The van der Waals surface area contributed by atoms with Crippen molar-refractivity contribution in [2.45, 2.75) is 290 Å². The monoisotopic (exact) mass is 1110 g/mol. The second kappa shape index (κ2) is 59.8. The minimum Gasteiger partial charge on any atom is -0.462 e. The molecule has 0 fully saturated rings. The second-order valence-electron chi connectivity index (χ2n) is 20.8. The summed E-state index contributed by atoms with van der Waals surface area (Å²) in [6.07, 6.45) is 69.5. The number of phosphoric ester groups is 1. The third kappa shape index (κ3) is 57.3. The van der Waals surface area contributed by atoms with Gasteiger partial charge in [-0.2, -0.15) is 0 Å². The van der Waals surface area contributed by atoms with Crippen molar-refractivity contribution in [1.82, 2.24) is 0 Å². The molecule has 0 aromatic heterocycles. The van der Waals surface area contributed by atoms with E-state index in [-0.39, 0.29) is 25.9 Å². The number of allylic oxidation sites excluding steroid dienone is 14. The van der Waals surface area contributed by atoms with Crippen LogP contribution < -0.4 is 0 Å². The molecule has 78 heavy (non-hydrogen) atoms. The van der Waals surface area contributed by atoms with Gasteiger partial charge in [-0.25, -0.2) is 4.57 Å². The van der Waals surface area contributed by atoms with Crippen LogP contribution in [0, 0.1) is 0 Å². The van der Waals surface area contributed by atoms with Gasteiger partial charge in [0.15, 0.2) is 6.10 Å². The van der Waals surface area contributed by atoms with Gasteiger partial charge >= 0.3 is 25.7 Å². The molecule has 0 radical (unpaired) electrons. The van der Waals surface area contributed by atoms with Crippen LogP contribution in [0.4, 0.5) is 0 Å². The largest absolute Gasteiger partial charge is 0.472 e. The van der Waals surface area contributed by atoms with Gasteiger partial charge in [-0.3, -0.25) is 23.4 Å². The van der Waals surface area contributed by atoms with Crippen LogP contribution in [-0.2, 0) is 42.2 Å². The molecule has 11 nitrogen and oxygen atoms in total. The summed E-state index contributed by atoms with van der Waals surface area (Å²) < 4.78 is 39.6. The summed E-state index contributed by atoms with van der Waals surface area (Å²) in [7, 11) is -4.76. The number of phosphoric acid groups is 1. The van der Waals surface area contributed by atoms with Crippen molar-refractivity contribution in [2.75, 3.05) is 26.4 Å². The summed E-state index contributed by atoms with van der Waals surface area (Å²) >= 11 is 0. The number of ether oxygens (including phenoxy) is 3. The van der Waals surface area contributed by atoms with E-state index < -0.39 is 57.8 Å². The molecule has 0 aliphatic carbocycles. The number of carbonyl (C=O) groups is 3. The second-order valence-corrected chi connectivity index (χ2v) is 22.3. The van der Waals surface area contributed by atoms with Gasteiger partial charge in [-0.1, -0.05) is 228 Å². The van der Waals surface area contributed by atoms with E-state index in [2.05, 4.69) is 106 Å². The van der Waals surface area contributed by atoms with Crippen molar-refractivity contribution < 1.29 is 52.2 Å². The Balaban J connectivity index is 4.74. The molecule has 0 aliphatic rings. The summed E-state index contributed by atoms with van der Waals surface area (Å²) in [6, 6.07) is 0. The van der Waals surface area contributed by atoms with E-state index in [0.717, 1.165) is 128 Å². The molecule has 0 bridgehead atoms. The molecule has 0 aromatic rings. The number of unbranched alkanes of at least 4 members (excludes halogenated alkanes) is 27. The van der Waals surface area contributed by atoms with Crippen LogP contribution in [0.1, 0.15) is 278 Å². The molecule has 0 amide bonds. The van der Waals surface area contributed by atoms with Gasteiger partial charge < -0.3 is 24.2 Å². The quantitative estimate of drug-likeness (QED) is 0.0197. The van der Waals surface area contributed by atoms with E-state index in [1.165, 1.54) is 89.9 Å². The van der Waals surface area contributed by atoms with Crippen LogP contribution in [0.25, 0.3) is 0 Å². The van der Waals surface area contributed by atoms with E-state index in [0.29, 0.717) is 19.3 Å². The molecule has 0 heterocycles. The highest BCUT2D eigenvalue weighted by molar-refractivity contribution is 7.47. The van der Waals surface area contributed by atoms with Crippen LogP contribution in [0.5, 0.6) is 0 Å². The molecule has 3 atom stereocenters. The minimum absolute atomic E-state index is 0.157. The number of aliphatic hydroxyl groups excluding tert-OH is 1. The van der Waals surface area contributed by atoms with E-state index in [1.807, 2.05) is 0 Å². The smallest absolute Gasteiger partial charge is 0.462 e. The van der Waals surface area contributed by atoms with Gasteiger partial charge in [0.1, 0.15) is 12.7 Å². The van der Waals surface area contributed by atoms with Crippen molar-refractivity contribution >= 4 is 25.7 Å². The average molecular weight is 1120 g/mol. The van der Waals surface area contributed by atoms with Crippen molar-refractivity contribution in [3.8, 4) is 0 Å². The highest BCUT2D eigenvalue weighted by atomic mass is 31.2. The summed E-state index contributed by atoms with van der Waals surface area (Å²) in [5.74, 6) is -1.49. The van der Waals surface area contributed by atoms with E-state index in [4.69, 9.17) is 23.3 Å². The van der Waals surface area contributed by atoms with Crippen molar-refractivity contribution in [3.05, 3.63) is 85.1 Å². The van der Waals surface area contributed by atoms with Crippen LogP contribution in [-0.4, -0.2) is 66.5 Å².